The van der Waals surface area contributed by atoms with E-state index < -0.39 is 12.1 Å². The van der Waals surface area contributed by atoms with Crippen LogP contribution in [0.2, 0.25) is 0 Å². The van der Waals surface area contributed by atoms with E-state index in [2.05, 4.69) is 10.3 Å². The van der Waals surface area contributed by atoms with E-state index in [1.54, 1.807) is 24.3 Å². The molecule has 2 aromatic rings. The molecule has 0 bridgehead atoms. The molecular weight excluding hydrogens is 296 g/mol. The first-order valence-corrected chi connectivity index (χ1v) is 7.34. The Morgan fingerprint density at radius 3 is 2.52 bits per heavy atom. The van der Waals surface area contributed by atoms with Crippen LogP contribution in [-0.4, -0.2) is 33.8 Å². The Bertz CT molecular complexity index is 656. The number of pyridine rings is 1. The minimum atomic E-state index is -1.09. The number of benzene rings is 1. The fourth-order valence-corrected chi connectivity index (χ4v) is 2.01. The maximum atomic E-state index is 10.9. The highest BCUT2D eigenvalue weighted by Crippen LogP contribution is 2.19. The van der Waals surface area contributed by atoms with Crippen molar-refractivity contribution in [2.45, 2.75) is 26.1 Å². The largest absolute Gasteiger partial charge is 0.491 e. The minimum Gasteiger partial charge on any atom is -0.491 e. The van der Waals surface area contributed by atoms with Gasteiger partial charge in [0.05, 0.1) is 12.2 Å². The van der Waals surface area contributed by atoms with Gasteiger partial charge in [0.1, 0.15) is 11.6 Å². The molecule has 0 aliphatic rings. The van der Waals surface area contributed by atoms with Crippen molar-refractivity contribution in [3.8, 4) is 5.75 Å². The van der Waals surface area contributed by atoms with E-state index in [9.17, 15) is 9.90 Å². The summed E-state index contributed by atoms with van der Waals surface area (Å²) in [6.07, 6.45) is -0.640. The van der Waals surface area contributed by atoms with Crippen LogP contribution in [0.5, 0.6) is 5.75 Å². The number of carboxylic acids is 1. The summed E-state index contributed by atoms with van der Waals surface area (Å²) in [6, 6.07) is 11.9. The van der Waals surface area contributed by atoms with Crippen molar-refractivity contribution in [3.63, 3.8) is 0 Å². The van der Waals surface area contributed by atoms with Gasteiger partial charge in [-0.2, -0.15) is 0 Å². The zero-order chi connectivity index (χ0) is 16.8. The average molecular weight is 316 g/mol. The van der Waals surface area contributed by atoms with Crippen LogP contribution in [0.15, 0.2) is 42.5 Å². The number of aliphatic hydroxyl groups is 1. The van der Waals surface area contributed by atoms with Gasteiger partial charge in [-0.1, -0.05) is 18.2 Å². The molecule has 1 aromatic carbocycles. The molecule has 1 unspecified atom stereocenters. The molecule has 0 amide bonds. The van der Waals surface area contributed by atoms with Crippen LogP contribution in [0.4, 0.5) is 5.82 Å². The average Bonchev–Trinajstić information content (AvgIpc) is 2.53. The standard InChI is InChI=1S/C17H20N2O4/c1-11(2)23-13-8-6-12(7-9-13)15(20)10-18-16-5-3-4-14(19-16)17(21)22/h3-9,11,15,20H,10H2,1-2H3,(H,18,19)(H,21,22). The maximum absolute atomic E-state index is 10.9. The molecule has 6 nitrogen and oxygen atoms in total. The van der Waals surface area contributed by atoms with Gasteiger partial charge in [0.2, 0.25) is 0 Å². The van der Waals surface area contributed by atoms with Crippen LogP contribution in [0, 0.1) is 0 Å². The first-order chi connectivity index (χ1) is 11.0. The summed E-state index contributed by atoms with van der Waals surface area (Å²) < 4.78 is 5.55. The third-order valence-electron chi connectivity index (χ3n) is 3.08. The van der Waals surface area contributed by atoms with Gasteiger partial charge in [0, 0.05) is 6.54 Å². The van der Waals surface area contributed by atoms with Crippen molar-refractivity contribution in [1.82, 2.24) is 4.98 Å². The smallest absolute Gasteiger partial charge is 0.354 e. The van der Waals surface area contributed by atoms with Crippen LogP contribution in [-0.2, 0) is 0 Å². The molecule has 1 heterocycles. The van der Waals surface area contributed by atoms with Crippen molar-refractivity contribution >= 4 is 11.8 Å². The molecule has 2 rings (SSSR count). The van der Waals surface area contributed by atoms with E-state index in [1.165, 1.54) is 6.07 Å². The summed E-state index contributed by atoms with van der Waals surface area (Å²) in [7, 11) is 0. The first kappa shape index (κ1) is 16.8. The maximum Gasteiger partial charge on any atom is 0.354 e. The molecule has 0 aliphatic carbocycles. The zero-order valence-corrected chi connectivity index (χ0v) is 13.1. The van der Waals surface area contributed by atoms with Gasteiger partial charge in [-0.25, -0.2) is 9.78 Å². The summed E-state index contributed by atoms with van der Waals surface area (Å²) >= 11 is 0. The monoisotopic (exact) mass is 316 g/mol. The van der Waals surface area contributed by atoms with Crippen molar-refractivity contribution in [1.29, 1.82) is 0 Å². The SMILES string of the molecule is CC(C)Oc1ccc(C(O)CNc2cccc(C(=O)O)n2)cc1. The van der Waals surface area contributed by atoms with E-state index in [1.807, 2.05) is 26.0 Å². The number of aromatic nitrogens is 1. The summed E-state index contributed by atoms with van der Waals surface area (Å²) in [5, 5.41) is 22.0. The highest BCUT2D eigenvalue weighted by Gasteiger charge is 2.10. The fraction of sp³-hybridized carbons (Fsp3) is 0.294. The lowest BCUT2D eigenvalue weighted by Gasteiger charge is -2.14. The molecule has 0 fully saturated rings. The molecule has 0 aliphatic heterocycles. The molecule has 1 atom stereocenters. The number of ether oxygens (including phenoxy) is 1. The van der Waals surface area contributed by atoms with Gasteiger partial charge < -0.3 is 20.3 Å². The Hall–Kier alpha value is -2.60. The lowest BCUT2D eigenvalue weighted by atomic mass is 10.1. The van der Waals surface area contributed by atoms with Gasteiger partial charge in [0.25, 0.3) is 0 Å². The Labute approximate surface area is 134 Å². The molecule has 122 valence electrons. The second kappa shape index (κ2) is 7.60. The van der Waals surface area contributed by atoms with E-state index in [0.717, 1.165) is 11.3 Å². The number of nitrogens with one attached hydrogen (secondary N) is 1. The fourth-order valence-electron chi connectivity index (χ4n) is 2.01. The number of carboxylic acid groups (broad SMARTS) is 1. The molecule has 0 saturated carbocycles. The van der Waals surface area contributed by atoms with E-state index >= 15 is 0 Å². The van der Waals surface area contributed by atoms with E-state index in [4.69, 9.17) is 9.84 Å². The Morgan fingerprint density at radius 1 is 1.22 bits per heavy atom. The molecule has 6 heteroatoms. The predicted molar refractivity (Wildman–Crippen MR) is 86.9 cm³/mol. The van der Waals surface area contributed by atoms with Gasteiger partial charge in [-0.15, -0.1) is 0 Å². The normalized spacial score (nSPS) is 12.0. The number of anilines is 1. The number of aliphatic hydroxyl groups excluding tert-OH is 1. The second-order valence-corrected chi connectivity index (χ2v) is 5.35. The second-order valence-electron chi connectivity index (χ2n) is 5.35. The lowest BCUT2D eigenvalue weighted by Crippen LogP contribution is -2.14. The van der Waals surface area contributed by atoms with Crippen LogP contribution < -0.4 is 10.1 Å². The van der Waals surface area contributed by atoms with Gasteiger partial charge in [-0.3, -0.25) is 0 Å². The molecular formula is C17H20N2O4. The van der Waals surface area contributed by atoms with Crippen LogP contribution in [0.3, 0.4) is 0 Å². The number of hydrogen-bond acceptors (Lipinski definition) is 5. The highest BCUT2D eigenvalue weighted by molar-refractivity contribution is 5.85. The van der Waals surface area contributed by atoms with Gasteiger partial charge >= 0.3 is 5.97 Å². The quantitative estimate of drug-likeness (QED) is 0.727. The van der Waals surface area contributed by atoms with Gasteiger partial charge in [0.15, 0.2) is 5.69 Å². The summed E-state index contributed by atoms with van der Waals surface area (Å²) in [5.41, 5.74) is 0.697. The topological polar surface area (TPSA) is 91.7 Å². The van der Waals surface area contributed by atoms with E-state index in [0.29, 0.717) is 5.82 Å². The summed E-state index contributed by atoms with van der Waals surface area (Å²) in [6.45, 7) is 4.12. The first-order valence-electron chi connectivity index (χ1n) is 7.34. The van der Waals surface area contributed by atoms with Gasteiger partial charge in [-0.05, 0) is 43.7 Å². The molecule has 0 radical (unpaired) electrons. The number of rotatable bonds is 7. The highest BCUT2D eigenvalue weighted by atomic mass is 16.5. The van der Waals surface area contributed by atoms with Crippen molar-refractivity contribution in [2.75, 3.05) is 11.9 Å². The number of aromatic carboxylic acids is 1. The Balaban J connectivity index is 1.95. The van der Waals surface area contributed by atoms with Crippen LogP contribution in [0.1, 0.15) is 36.0 Å². The van der Waals surface area contributed by atoms with Crippen molar-refractivity contribution in [2.24, 2.45) is 0 Å². The number of carbonyl (C=O) groups is 1. The van der Waals surface area contributed by atoms with Crippen LogP contribution >= 0.6 is 0 Å². The molecule has 3 N–H and O–H groups in total. The van der Waals surface area contributed by atoms with Crippen molar-refractivity contribution in [3.05, 3.63) is 53.7 Å². The third-order valence-corrected chi connectivity index (χ3v) is 3.08. The number of hydrogen-bond donors (Lipinski definition) is 3. The summed E-state index contributed by atoms with van der Waals surface area (Å²) in [5.74, 6) is 0.0680. The zero-order valence-electron chi connectivity index (χ0n) is 13.1. The number of nitrogens with zero attached hydrogens (tertiary/aromatic N) is 1. The Morgan fingerprint density at radius 2 is 1.91 bits per heavy atom. The lowest BCUT2D eigenvalue weighted by molar-refractivity contribution is 0.0690. The van der Waals surface area contributed by atoms with E-state index in [-0.39, 0.29) is 18.3 Å². The predicted octanol–water partition coefficient (Wildman–Crippen LogP) is 2.71. The van der Waals surface area contributed by atoms with Crippen molar-refractivity contribution < 1.29 is 19.7 Å². The molecule has 0 spiro atoms. The minimum absolute atomic E-state index is 0.0420. The van der Waals surface area contributed by atoms with Crippen LogP contribution in [0.25, 0.3) is 0 Å². The molecule has 0 saturated heterocycles. The Kier molecular flexibility index (Phi) is 5.54. The molecule has 1 aromatic heterocycles. The summed E-state index contributed by atoms with van der Waals surface area (Å²) in [4.78, 5) is 14.8. The third kappa shape index (κ3) is 4.96. The molecule has 23 heavy (non-hydrogen) atoms.